The van der Waals surface area contributed by atoms with Gasteiger partial charge < -0.3 is 53.1 Å². The number of alkyl carbamates (subject to hydrolysis) is 1. The second-order valence-electron chi connectivity index (χ2n) is 26.5. The second kappa shape index (κ2) is 32.9. The summed E-state index contributed by atoms with van der Waals surface area (Å²) in [5.41, 5.74) is 2.10. The number of aliphatic hydroxyl groups is 1. The molecule has 0 saturated carbocycles. The molecule has 2 N–H and O–H groups in total. The van der Waals surface area contributed by atoms with Crippen LogP contribution in [0.3, 0.4) is 0 Å². The fraction of sp³-hybridized carbons (Fsp3) is 0.465. The van der Waals surface area contributed by atoms with Gasteiger partial charge in [-0.25, -0.2) is 26.4 Å². The highest BCUT2D eigenvalue weighted by Crippen LogP contribution is 2.40. The summed E-state index contributed by atoms with van der Waals surface area (Å²) in [5, 5.41) is 36.7. The minimum absolute atomic E-state index is 0.0564. The number of non-ortho nitro benzene ring substituents is 2. The number of ether oxygens (including phenoxy) is 9. The molecule has 5 fully saturated rings. The molecule has 0 radical (unpaired) electrons. The van der Waals surface area contributed by atoms with Crippen molar-refractivity contribution < 1.29 is 84.0 Å². The molecule has 11 rings (SSSR count). The number of amides is 2. The maximum atomic E-state index is 14.1. The Kier molecular flexibility index (Phi) is 24.4. The molecule has 6 aromatic rings. The number of rotatable bonds is 28. The molecule has 10 atom stereocenters. The number of benzene rings is 6. The predicted octanol–water partition coefficient (Wildman–Crippen LogP) is 10.0. The zero-order chi connectivity index (χ0) is 70.6. The fourth-order valence-electron chi connectivity index (χ4n) is 12.8. The largest absolute Gasteiger partial charge is 0.489 e. The Balaban J connectivity index is 0.000000215. The Morgan fingerprint density at radius 1 is 0.606 bits per heavy atom. The van der Waals surface area contributed by atoms with Crippen molar-refractivity contribution in [3.63, 3.8) is 0 Å². The van der Waals surface area contributed by atoms with E-state index in [1.807, 2.05) is 125 Å². The van der Waals surface area contributed by atoms with Gasteiger partial charge in [0.25, 0.3) is 11.4 Å². The highest BCUT2D eigenvalue weighted by molar-refractivity contribution is 7.89. The third-order valence-electron chi connectivity index (χ3n) is 17.8. The smallest absolute Gasteiger partial charge is 0.412 e. The quantitative estimate of drug-likeness (QED) is 0.0341. The van der Waals surface area contributed by atoms with Crippen LogP contribution >= 0.6 is 0 Å². The Bertz CT molecular complexity index is 3900. The lowest BCUT2D eigenvalue weighted by atomic mass is 9.99. The molecule has 0 aliphatic carbocycles. The average molecular weight is 1410 g/mol. The van der Waals surface area contributed by atoms with E-state index in [9.17, 15) is 51.8 Å². The summed E-state index contributed by atoms with van der Waals surface area (Å²) in [4.78, 5) is 49.8. The first-order valence-electron chi connectivity index (χ1n) is 33.1. The number of sulfonamides is 2. The van der Waals surface area contributed by atoms with E-state index in [1.54, 1.807) is 30.9 Å². The maximum absolute atomic E-state index is 14.1. The van der Waals surface area contributed by atoms with Crippen LogP contribution in [0.25, 0.3) is 0 Å². The topological polar surface area (TPSA) is 314 Å². The highest BCUT2D eigenvalue weighted by Gasteiger charge is 2.54. The van der Waals surface area contributed by atoms with E-state index in [0.717, 1.165) is 45.1 Å². The maximum Gasteiger partial charge on any atom is 0.412 e. The number of nitro benzene ring substituents is 2. The lowest BCUT2D eigenvalue weighted by Crippen LogP contribution is -2.51. The summed E-state index contributed by atoms with van der Waals surface area (Å²) in [6.07, 6.45) is -3.37. The van der Waals surface area contributed by atoms with E-state index >= 15 is 0 Å². The van der Waals surface area contributed by atoms with Gasteiger partial charge >= 0.3 is 12.2 Å². The zero-order valence-electron chi connectivity index (χ0n) is 56.1. The lowest BCUT2D eigenvalue weighted by molar-refractivity contribution is -0.385. The van der Waals surface area contributed by atoms with E-state index in [1.165, 1.54) is 40.7 Å². The van der Waals surface area contributed by atoms with Gasteiger partial charge in [0.1, 0.15) is 42.6 Å². The molecule has 2 amide bonds. The van der Waals surface area contributed by atoms with E-state index in [4.69, 9.17) is 42.6 Å². The molecule has 5 aliphatic heterocycles. The normalized spacial score (nSPS) is 22.3. The summed E-state index contributed by atoms with van der Waals surface area (Å²) in [6, 6.07) is 42.3. The fourth-order valence-corrected chi connectivity index (χ4v) is 16.0. The Hall–Kier alpha value is -8.16. The van der Waals surface area contributed by atoms with Crippen molar-refractivity contribution >= 4 is 43.6 Å². The van der Waals surface area contributed by atoms with Crippen molar-refractivity contribution in [3.05, 3.63) is 200 Å². The molecular weight excluding hydrogens is 1320 g/mol. The summed E-state index contributed by atoms with van der Waals surface area (Å²) in [5.74, 6) is 1.000. The van der Waals surface area contributed by atoms with E-state index in [-0.39, 0.29) is 90.7 Å². The minimum atomic E-state index is -4.17. The number of nitrogens with one attached hydrogen (secondary N) is 1. The van der Waals surface area contributed by atoms with Crippen molar-refractivity contribution in [3.8, 4) is 11.5 Å². The van der Waals surface area contributed by atoms with Crippen molar-refractivity contribution in [2.75, 3.05) is 52.6 Å². The summed E-state index contributed by atoms with van der Waals surface area (Å²) in [7, 11) is -8.28. The lowest BCUT2D eigenvalue weighted by Gasteiger charge is -2.34. The number of carbonyl (C=O) groups is 2. The Morgan fingerprint density at radius 2 is 1.06 bits per heavy atom. The summed E-state index contributed by atoms with van der Waals surface area (Å²) < 4.78 is 111. The summed E-state index contributed by atoms with van der Waals surface area (Å²) in [6.45, 7) is 13.1. The number of nitro groups is 2. The number of fused-ring (bicyclic) bond motifs is 2. The third kappa shape index (κ3) is 19.0. The number of nitrogens with zero attached hydrogens (tertiary/aromatic N) is 5. The molecule has 5 saturated heterocycles. The van der Waals surface area contributed by atoms with E-state index in [0.29, 0.717) is 50.8 Å². The molecular formula is C71H86N6O20S2. The van der Waals surface area contributed by atoms with Crippen LogP contribution < -0.4 is 14.8 Å². The van der Waals surface area contributed by atoms with Crippen LogP contribution in [0.4, 0.5) is 21.0 Å². The van der Waals surface area contributed by atoms with Crippen LogP contribution in [0.5, 0.6) is 11.5 Å². The first kappa shape index (κ1) is 73.6. The third-order valence-corrected chi connectivity index (χ3v) is 21.4. The molecule has 532 valence electrons. The SMILES string of the molecule is CC(C)CN(C[C@@H](O)[C@H](Cc1ccc(OCc2ccccc2)cc1)NC(=O)OC1CO[C@H]2OCC[C@@H]12)S(=O)(=O)c1ccc([N+](=O)[O-])cc1.CC(C)CN(C[C@H]1OC(C)(C)N(C(=O)OC2CO[C@H]3OCC[C@@H]23)[C@H]1Cc1ccc(OCc2ccccc2)cc1)S(=O)(=O)c1ccc([N+](=O)[O-])cc1. The van der Waals surface area contributed by atoms with Gasteiger partial charge in [-0.15, -0.1) is 0 Å². The van der Waals surface area contributed by atoms with Gasteiger partial charge in [-0.3, -0.25) is 25.1 Å². The van der Waals surface area contributed by atoms with Crippen LogP contribution in [0.15, 0.2) is 168 Å². The number of hydrogen-bond acceptors (Lipinski definition) is 20. The molecule has 28 heteroatoms. The second-order valence-corrected chi connectivity index (χ2v) is 30.3. The number of carbonyl (C=O) groups excluding carboxylic acids is 2. The molecule has 99 heavy (non-hydrogen) atoms. The molecule has 0 spiro atoms. The van der Waals surface area contributed by atoms with Crippen LogP contribution in [0.1, 0.15) is 76.6 Å². The first-order valence-corrected chi connectivity index (χ1v) is 36.0. The van der Waals surface area contributed by atoms with E-state index < -0.39 is 96.9 Å². The van der Waals surface area contributed by atoms with Gasteiger partial charge in [0.05, 0.1) is 82.2 Å². The van der Waals surface area contributed by atoms with E-state index in [2.05, 4.69) is 5.32 Å². The van der Waals surface area contributed by atoms with Gasteiger partial charge in [0.2, 0.25) is 20.0 Å². The zero-order valence-corrected chi connectivity index (χ0v) is 57.7. The van der Waals surface area contributed by atoms with Gasteiger partial charge in [0.15, 0.2) is 12.6 Å². The molecule has 0 aromatic heterocycles. The average Bonchev–Trinajstić information content (AvgIpc) is 1.62. The molecule has 2 unspecified atom stereocenters. The predicted molar refractivity (Wildman–Crippen MR) is 361 cm³/mol. The molecule has 5 heterocycles. The van der Waals surface area contributed by atoms with Crippen molar-refractivity contribution in [1.29, 1.82) is 0 Å². The van der Waals surface area contributed by atoms with Gasteiger partial charge in [-0.2, -0.15) is 8.61 Å². The highest BCUT2D eigenvalue weighted by atomic mass is 32.2. The van der Waals surface area contributed by atoms with Gasteiger partial charge in [-0.1, -0.05) is 113 Å². The first-order chi connectivity index (χ1) is 47.3. The molecule has 5 aliphatic rings. The van der Waals surface area contributed by atoms with Crippen LogP contribution in [0, 0.1) is 43.9 Å². The summed E-state index contributed by atoms with van der Waals surface area (Å²) >= 11 is 0. The van der Waals surface area contributed by atoms with Gasteiger partial charge in [0, 0.05) is 50.4 Å². The van der Waals surface area contributed by atoms with Gasteiger partial charge in [-0.05, 0) is 122 Å². The monoisotopic (exact) mass is 1410 g/mol. The standard InChI is InChI=1S/C37H45N3O10S.C34H41N3O10S/c1-25(2)21-38(51(44,45)30-16-12-28(13-17-30)40(42)43)22-33-32(20-26-10-14-29(15-11-26)47-23-27-8-6-5-7-9-27)39(37(3,4)50-33)36(41)49-34-24-48-35-31(34)18-19-46-35;1-23(2)19-36(48(42,43)28-14-10-26(11-15-28)37(40)41)20-31(38)30(35-34(39)47-32-22-46-33-29(32)16-17-44-33)18-24-8-12-27(13-9-24)45-21-25-6-4-3-5-7-25/h5-17,25,31-35H,18-24H2,1-4H3;3-15,23,29-33,38H,16-22H2,1-2H3,(H,35,39)/t31-,32-,33+,34?,35+;29-,30-,31+,32?,33+/m00/s1. The van der Waals surface area contributed by atoms with Crippen molar-refractivity contribution in [2.45, 2.75) is 145 Å². The Morgan fingerprint density at radius 3 is 1.54 bits per heavy atom. The Labute approximate surface area is 576 Å². The molecule has 0 bridgehead atoms. The number of hydrogen-bond donors (Lipinski definition) is 2. The molecule has 26 nitrogen and oxygen atoms in total. The van der Waals surface area contributed by atoms with Crippen molar-refractivity contribution in [1.82, 2.24) is 18.8 Å². The minimum Gasteiger partial charge on any atom is -0.489 e. The number of aliphatic hydroxyl groups excluding tert-OH is 1. The van der Waals surface area contributed by atoms with Crippen molar-refractivity contribution in [2.24, 2.45) is 23.7 Å². The molecule has 6 aromatic carbocycles. The van der Waals surface area contributed by atoms with Crippen LogP contribution in [-0.2, 0) is 79.3 Å². The van der Waals surface area contributed by atoms with Crippen LogP contribution in [-0.4, -0.2) is 165 Å². The van der Waals surface area contributed by atoms with Crippen LogP contribution in [0.2, 0.25) is 0 Å².